The van der Waals surface area contributed by atoms with Crippen LogP contribution in [0.4, 0.5) is 13.2 Å². The molecule has 4 nitrogen and oxygen atoms in total. The molecule has 0 unspecified atom stereocenters. The van der Waals surface area contributed by atoms with Crippen LogP contribution < -0.4 is 0 Å². The first-order valence-corrected chi connectivity index (χ1v) is 8.14. The SMILES string of the molecule is CS(=O)(=O)c1cc(C(F)(F)F)ccc1C(=O)c1ccc(O)cc1. The van der Waals surface area contributed by atoms with Gasteiger partial charge in [-0.3, -0.25) is 4.79 Å². The van der Waals surface area contributed by atoms with Gasteiger partial charge in [0.25, 0.3) is 0 Å². The molecule has 8 heteroatoms. The zero-order valence-corrected chi connectivity index (χ0v) is 12.6. The van der Waals surface area contributed by atoms with Gasteiger partial charge in [-0.15, -0.1) is 0 Å². The fourth-order valence-electron chi connectivity index (χ4n) is 1.96. The summed E-state index contributed by atoms with van der Waals surface area (Å²) in [5, 5.41) is 9.19. The largest absolute Gasteiger partial charge is 0.508 e. The second kappa shape index (κ2) is 5.69. The van der Waals surface area contributed by atoms with E-state index in [1.165, 1.54) is 24.3 Å². The van der Waals surface area contributed by atoms with Crippen LogP contribution in [0.2, 0.25) is 0 Å². The Balaban J connectivity index is 2.62. The summed E-state index contributed by atoms with van der Waals surface area (Å²) in [6.45, 7) is 0. The Morgan fingerprint density at radius 1 is 1.04 bits per heavy atom. The average molecular weight is 344 g/mol. The van der Waals surface area contributed by atoms with Crippen LogP contribution in [0.15, 0.2) is 47.4 Å². The fourth-order valence-corrected chi connectivity index (χ4v) is 2.86. The highest BCUT2D eigenvalue weighted by atomic mass is 32.2. The van der Waals surface area contributed by atoms with E-state index < -0.39 is 32.3 Å². The summed E-state index contributed by atoms with van der Waals surface area (Å²) in [7, 11) is -4.05. The maximum Gasteiger partial charge on any atom is 0.416 e. The van der Waals surface area contributed by atoms with Crippen LogP contribution in [0.25, 0.3) is 0 Å². The second-order valence-corrected chi connectivity index (χ2v) is 6.84. The van der Waals surface area contributed by atoms with Crippen LogP contribution in [0.3, 0.4) is 0 Å². The Labute approximate surface area is 130 Å². The van der Waals surface area contributed by atoms with Crippen LogP contribution in [0.1, 0.15) is 21.5 Å². The number of benzene rings is 2. The highest BCUT2D eigenvalue weighted by molar-refractivity contribution is 7.90. The first-order valence-electron chi connectivity index (χ1n) is 6.25. The molecule has 0 amide bonds. The minimum Gasteiger partial charge on any atom is -0.508 e. The normalized spacial score (nSPS) is 12.2. The number of sulfone groups is 1. The summed E-state index contributed by atoms with van der Waals surface area (Å²) in [4.78, 5) is 11.7. The van der Waals surface area contributed by atoms with Crippen molar-refractivity contribution in [1.29, 1.82) is 0 Å². The maximum absolute atomic E-state index is 12.7. The molecule has 0 saturated heterocycles. The van der Waals surface area contributed by atoms with Gasteiger partial charge in [-0.05, 0) is 42.5 Å². The predicted octanol–water partition coefficient (Wildman–Crippen LogP) is 3.05. The van der Waals surface area contributed by atoms with Crippen molar-refractivity contribution in [3.63, 3.8) is 0 Å². The van der Waals surface area contributed by atoms with Gasteiger partial charge in [0, 0.05) is 17.4 Å². The number of carbonyl (C=O) groups is 1. The second-order valence-electron chi connectivity index (χ2n) is 4.86. The molecule has 0 atom stereocenters. The monoisotopic (exact) mass is 344 g/mol. The molecule has 23 heavy (non-hydrogen) atoms. The molecule has 0 aliphatic heterocycles. The molecule has 0 spiro atoms. The standard InChI is InChI=1S/C15H11F3O4S/c1-23(21,22)13-8-10(15(16,17)18)4-7-12(13)14(20)9-2-5-11(19)6-3-9/h2-8,19H,1H3. The lowest BCUT2D eigenvalue weighted by atomic mass is 10.0. The molecule has 0 aliphatic rings. The molecule has 2 rings (SSSR count). The highest BCUT2D eigenvalue weighted by Gasteiger charge is 2.33. The summed E-state index contributed by atoms with van der Waals surface area (Å²) < 4.78 is 61.8. The van der Waals surface area contributed by atoms with Gasteiger partial charge in [0.05, 0.1) is 10.5 Å². The minimum absolute atomic E-state index is 0.0486. The molecule has 0 aromatic heterocycles. The Bertz CT molecular complexity index is 853. The molecule has 0 aliphatic carbocycles. The van der Waals surface area contributed by atoms with Crippen molar-refractivity contribution < 1.29 is 31.5 Å². The summed E-state index contributed by atoms with van der Waals surface area (Å²) in [5.74, 6) is -0.851. The number of hydrogen-bond donors (Lipinski definition) is 1. The minimum atomic E-state index is -4.72. The fraction of sp³-hybridized carbons (Fsp3) is 0.133. The van der Waals surface area contributed by atoms with Crippen molar-refractivity contribution in [1.82, 2.24) is 0 Å². The Kier molecular flexibility index (Phi) is 4.21. The molecular weight excluding hydrogens is 333 g/mol. The van der Waals surface area contributed by atoms with Crippen LogP contribution in [-0.4, -0.2) is 25.6 Å². The summed E-state index contributed by atoms with van der Waals surface area (Å²) in [6, 6.07) is 6.89. The molecule has 0 bridgehead atoms. The van der Waals surface area contributed by atoms with E-state index in [0.717, 1.165) is 12.3 Å². The molecule has 0 radical (unpaired) electrons. The molecule has 2 aromatic rings. The number of alkyl halides is 3. The number of carbonyl (C=O) groups excluding carboxylic acids is 1. The van der Waals surface area contributed by atoms with E-state index >= 15 is 0 Å². The third kappa shape index (κ3) is 3.70. The van der Waals surface area contributed by atoms with Crippen molar-refractivity contribution in [3.8, 4) is 5.75 Å². The van der Waals surface area contributed by atoms with Crippen molar-refractivity contribution in [2.75, 3.05) is 6.26 Å². The number of hydrogen-bond acceptors (Lipinski definition) is 4. The van der Waals surface area contributed by atoms with Gasteiger partial charge in [0.1, 0.15) is 5.75 Å². The van der Waals surface area contributed by atoms with E-state index in [1.54, 1.807) is 0 Å². The molecular formula is C15H11F3O4S. The van der Waals surface area contributed by atoms with Crippen LogP contribution in [0.5, 0.6) is 5.75 Å². The lowest BCUT2D eigenvalue weighted by Gasteiger charge is -2.12. The zero-order valence-electron chi connectivity index (χ0n) is 11.8. The first-order chi connectivity index (χ1) is 10.5. The van der Waals surface area contributed by atoms with Gasteiger partial charge in [0.2, 0.25) is 0 Å². The molecule has 0 heterocycles. The number of ketones is 1. The van der Waals surface area contributed by atoms with Gasteiger partial charge in [-0.2, -0.15) is 13.2 Å². The number of phenolic OH excluding ortho intramolecular Hbond substituents is 1. The van der Waals surface area contributed by atoms with Crippen molar-refractivity contribution in [3.05, 3.63) is 59.2 Å². The Morgan fingerprint density at radius 2 is 1.61 bits per heavy atom. The number of halogens is 3. The van der Waals surface area contributed by atoms with Crippen molar-refractivity contribution >= 4 is 15.6 Å². The zero-order chi connectivity index (χ0) is 17.4. The van der Waals surface area contributed by atoms with Gasteiger partial charge in [0.15, 0.2) is 15.6 Å². The van der Waals surface area contributed by atoms with Crippen molar-refractivity contribution in [2.45, 2.75) is 11.1 Å². The van der Waals surface area contributed by atoms with E-state index in [1.807, 2.05) is 0 Å². The number of rotatable bonds is 3. The van der Waals surface area contributed by atoms with Crippen molar-refractivity contribution in [2.24, 2.45) is 0 Å². The van der Waals surface area contributed by atoms with E-state index in [9.17, 15) is 31.5 Å². The lowest BCUT2D eigenvalue weighted by molar-refractivity contribution is -0.137. The number of aromatic hydroxyl groups is 1. The van der Waals surface area contributed by atoms with Crippen LogP contribution in [0, 0.1) is 0 Å². The summed E-state index contributed by atoms with van der Waals surface area (Å²) in [5.41, 5.74) is -1.46. The van der Waals surface area contributed by atoms with E-state index in [-0.39, 0.29) is 16.9 Å². The van der Waals surface area contributed by atoms with Gasteiger partial charge in [-0.1, -0.05) is 0 Å². The first kappa shape index (κ1) is 17.0. The predicted molar refractivity (Wildman–Crippen MR) is 76.1 cm³/mol. The third-order valence-corrected chi connectivity index (χ3v) is 4.22. The highest BCUT2D eigenvalue weighted by Crippen LogP contribution is 2.32. The van der Waals surface area contributed by atoms with Gasteiger partial charge in [-0.25, -0.2) is 8.42 Å². The number of phenols is 1. The third-order valence-electron chi connectivity index (χ3n) is 3.08. The smallest absolute Gasteiger partial charge is 0.416 e. The van der Waals surface area contributed by atoms with E-state index in [2.05, 4.69) is 0 Å². The lowest BCUT2D eigenvalue weighted by Crippen LogP contribution is -2.13. The topological polar surface area (TPSA) is 71.4 Å². The summed E-state index contributed by atoms with van der Waals surface area (Å²) in [6.07, 6.45) is -3.99. The quantitative estimate of drug-likeness (QED) is 0.869. The summed E-state index contributed by atoms with van der Waals surface area (Å²) >= 11 is 0. The van der Waals surface area contributed by atoms with Gasteiger partial charge < -0.3 is 5.11 Å². The Hall–Kier alpha value is -2.35. The Morgan fingerprint density at radius 3 is 2.09 bits per heavy atom. The van der Waals surface area contributed by atoms with E-state index in [4.69, 9.17) is 0 Å². The maximum atomic E-state index is 12.7. The molecule has 0 fully saturated rings. The van der Waals surface area contributed by atoms with E-state index in [0.29, 0.717) is 12.1 Å². The average Bonchev–Trinajstić information content (AvgIpc) is 2.45. The van der Waals surface area contributed by atoms with Gasteiger partial charge >= 0.3 is 6.18 Å². The molecule has 1 N–H and O–H groups in total. The van der Waals surface area contributed by atoms with Crippen LogP contribution >= 0.6 is 0 Å². The van der Waals surface area contributed by atoms with Crippen LogP contribution in [-0.2, 0) is 16.0 Å². The molecule has 0 saturated carbocycles. The molecule has 122 valence electrons. The molecule has 2 aromatic carbocycles.